The number of benzene rings is 2. The van der Waals surface area contributed by atoms with Crippen LogP contribution >= 0.6 is 33.9 Å². The van der Waals surface area contributed by atoms with Crippen molar-refractivity contribution in [2.24, 2.45) is 5.92 Å². The number of rotatable bonds is 7. The summed E-state index contributed by atoms with van der Waals surface area (Å²) in [4.78, 5) is 27.1. The highest BCUT2D eigenvalue weighted by Gasteiger charge is 2.25. The first-order valence-corrected chi connectivity index (χ1v) is 12.5. The number of amides is 1. The second kappa shape index (κ2) is 10.6. The van der Waals surface area contributed by atoms with Crippen molar-refractivity contribution in [1.82, 2.24) is 4.90 Å². The normalized spacial score (nSPS) is 15.1. The molecule has 1 amide bonds. The number of nitrogens with one attached hydrogen (secondary N) is 1. The summed E-state index contributed by atoms with van der Waals surface area (Å²) >= 11 is 3.93. The second-order valence-corrected chi connectivity index (χ2v) is 9.97. The van der Waals surface area contributed by atoms with Crippen LogP contribution in [0, 0.1) is 9.49 Å². The summed E-state index contributed by atoms with van der Waals surface area (Å²) in [6.45, 7) is 3.08. The molecular weight excluding hydrogens is 523 g/mol. The van der Waals surface area contributed by atoms with Crippen LogP contribution in [-0.4, -0.2) is 43.0 Å². The Labute approximate surface area is 199 Å². The molecule has 2 heterocycles. The van der Waals surface area contributed by atoms with Crippen LogP contribution in [0.25, 0.3) is 10.1 Å². The Morgan fingerprint density at radius 2 is 1.87 bits per heavy atom. The number of piperidine rings is 1. The van der Waals surface area contributed by atoms with Gasteiger partial charge >= 0.3 is 6.09 Å². The lowest BCUT2D eigenvalue weighted by atomic mass is 9.89. The molecule has 5 nitrogen and oxygen atoms in total. The minimum Gasteiger partial charge on any atom is -0.449 e. The highest BCUT2D eigenvalue weighted by Crippen LogP contribution is 2.24. The summed E-state index contributed by atoms with van der Waals surface area (Å²) < 4.78 is 7.67. The maximum absolute atomic E-state index is 12.7. The van der Waals surface area contributed by atoms with Crippen LogP contribution in [0.5, 0.6) is 0 Å². The van der Waals surface area contributed by atoms with Crippen molar-refractivity contribution in [3.8, 4) is 0 Å². The maximum Gasteiger partial charge on any atom is 0.411 e. The van der Waals surface area contributed by atoms with Gasteiger partial charge in [-0.2, -0.15) is 0 Å². The molecule has 1 aliphatic rings. The van der Waals surface area contributed by atoms with Crippen molar-refractivity contribution in [1.29, 1.82) is 0 Å². The van der Waals surface area contributed by atoms with Crippen LogP contribution in [0.15, 0.2) is 53.9 Å². The van der Waals surface area contributed by atoms with E-state index in [-0.39, 0.29) is 11.7 Å². The molecule has 0 saturated carbocycles. The van der Waals surface area contributed by atoms with E-state index >= 15 is 0 Å². The van der Waals surface area contributed by atoms with Crippen LogP contribution in [0.1, 0.15) is 29.6 Å². The molecule has 1 N–H and O–H groups in total. The smallest absolute Gasteiger partial charge is 0.411 e. The number of thiophene rings is 1. The van der Waals surface area contributed by atoms with E-state index in [9.17, 15) is 9.59 Å². The fourth-order valence-electron chi connectivity index (χ4n) is 3.92. The molecule has 31 heavy (non-hydrogen) atoms. The zero-order valence-electron chi connectivity index (χ0n) is 17.2. The molecular formula is C24H25IN2O3S. The van der Waals surface area contributed by atoms with Gasteiger partial charge in [-0.1, -0.05) is 12.1 Å². The molecule has 0 bridgehead atoms. The van der Waals surface area contributed by atoms with Gasteiger partial charge in [-0.05, 0) is 102 Å². The van der Waals surface area contributed by atoms with E-state index in [0.29, 0.717) is 6.61 Å². The Kier molecular flexibility index (Phi) is 7.58. The second-order valence-electron chi connectivity index (χ2n) is 7.77. The molecule has 3 aromatic rings. The topological polar surface area (TPSA) is 58.6 Å². The molecule has 162 valence electrons. The Hall–Kier alpha value is -1.97. The number of hydrogen-bond acceptors (Lipinski definition) is 5. The number of anilines is 1. The summed E-state index contributed by atoms with van der Waals surface area (Å²) in [6.07, 6.45) is 2.14. The summed E-state index contributed by atoms with van der Waals surface area (Å²) in [6, 6.07) is 15.7. The van der Waals surface area contributed by atoms with Crippen molar-refractivity contribution in [2.45, 2.75) is 19.3 Å². The van der Waals surface area contributed by atoms with Crippen LogP contribution in [0.4, 0.5) is 10.5 Å². The number of likely N-dealkylation sites (tertiary alicyclic amines) is 1. The van der Waals surface area contributed by atoms with E-state index in [0.717, 1.165) is 59.1 Å². The van der Waals surface area contributed by atoms with E-state index < -0.39 is 6.09 Å². The lowest BCUT2D eigenvalue weighted by molar-refractivity contribution is 0.0830. The fourth-order valence-corrected chi connectivity index (χ4v) is 5.05. The number of nitrogens with zero attached hydrogens (tertiary/aromatic N) is 1. The monoisotopic (exact) mass is 548 g/mol. The van der Waals surface area contributed by atoms with Gasteiger partial charge in [0.2, 0.25) is 0 Å². The zero-order valence-corrected chi connectivity index (χ0v) is 20.2. The fraction of sp³-hybridized carbons (Fsp3) is 0.333. The van der Waals surface area contributed by atoms with Crippen molar-refractivity contribution < 1.29 is 14.3 Å². The average molecular weight is 548 g/mol. The Morgan fingerprint density at radius 1 is 1.10 bits per heavy atom. The van der Waals surface area contributed by atoms with Crippen LogP contribution in [0.2, 0.25) is 0 Å². The summed E-state index contributed by atoms with van der Waals surface area (Å²) in [5, 5.41) is 5.94. The minimum atomic E-state index is -0.420. The van der Waals surface area contributed by atoms with Gasteiger partial charge in [-0.3, -0.25) is 10.1 Å². The van der Waals surface area contributed by atoms with E-state index in [1.807, 2.05) is 53.9 Å². The average Bonchev–Trinajstić information content (AvgIpc) is 3.25. The SMILES string of the molecule is O=C(Nc1ccc2sccc2c1)OCCCN1CCC(C(=O)c2ccc(I)cc2)CC1. The van der Waals surface area contributed by atoms with Gasteiger partial charge in [-0.25, -0.2) is 4.79 Å². The number of carbonyl (C=O) groups excluding carboxylic acids is 2. The van der Waals surface area contributed by atoms with Crippen molar-refractivity contribution in [3.63, 3.8) is 0 Å². The third-order valence-corrected chi connectivity index (χ3v) is 7.25. The molecule has 2 aromatic carbocycles. The number of ether oxygens (including phenoxy) is 1. The van der Waals surface area contributed by atoms with E-state index in [2.05, 4.69) is 32.8 Å². The van der Waals surface area contributed by atoms with Gasteiger partial charge in [0, 0.05) is 32.0 Å². The predicted octanol–water partition coefficient (Wildman–Crippen LogP) is 6.04. The number of halogens is 1. The van der Waals surface area contributed by atoms with E-state index in [4.69, 9.17) is 4.74 Å². The van der Waals surface area contributed by atoms with E-state index in [1.54, 1.807) is 11.3 Å². The van der Waals surface area contributed by atoms with Crippen molar-refractivity contribution >= 4 is 61.6 Å². The minimum absolute atomic E-state index is 0.110. The van der Waals surface area contributed by atoms with Crippen molar-refractivity contribution in [3.05, 3.63) is 63.0 Å². The third-order valence-electron chi connectivity index (χ3n) is 5.64. The molecule has 1 saturated heterocycles. The maximum atomic E-state index is 12.7. The molecule has 1 fully saturated rings. The highest BCUT2D eigenvalue weighted by molar-refractivity contribution is 14.1. The Balaban J connectivity index is 1.13. The van der Waals surface area contributed by atoms with E-state index in [1.165, 1.54) is 4.70 Å². The molecule has 4 rings (SSSR count). The van der Waals surface area contributed by atoms with Gasteiger partial charge in [0.05, 0.1) is 6.61 Å². The molecule has 0 radical (unpaired) electrons. The van der Waals surface area contributed by atoms with Crippen LogP contribution < -0.4 is 5.32 Å². The first-order chi connectivity index (χ1) is 15.1. The molecule has 0 aliphatic carbocycles. The van der Waals surface area contributed by atoms with Gasteiger partial charge in [0.15, 0.2) is 5.78 Å². The van der Waals surface area contributed by atoms with Gasteiger partial charge < -0.3 is 9.64 Å². The number of fused-ring (bicyclic) bond motifs is 1. The zero-order chi connectivity index (χ0) is 21.6. The highest BCUT2D eigenvalue weighted by atomic mass is 127. The number of carbonyl (C=O) groups is 2. The lowest BCUT2D eigenvalue weighted by Gasteiger charge is -2.31. The lowest BCUT2D eigenvalue weighted by Crippen LogP contribution is -2.37. The number of Topliss-reactive ketones (excluding diaryl/α,β-unsaturated/α-hetero) is 1. The molecule has 0 atom stereocenters. The van der Waals surface area contributed by atoms with Crippen LogP contribution in [-0.2, 0) is 4.74 Å². The standard InChI is InChI=1S/C24H25IN2O3S/c25-20-4-2-17(3-5-20)23(28)18-8-12-27(13-9-18)11-1-14-30-24(29)26-21-6-7-22-19(16-21)10-15-31-22/h2-7,10,15-16,18H,1,8-9,11-14H2,(H,26,29). The number of hydrogen-bond donors (Lipinski definition) is 1. The Morgan fingerprint density at radius 3 is 2.65 bits per heavy atom. The van der Waals surface area contributed by atoms with Gasteiger partial charge in [0.25, 0.3) is 0 Å². The van der Waals surface area contributed by atoms with Crippen LogP contribution in [0.3, 0.4) is 0 Å². The molecule has 1 aliphatic heterocycles. The first kappa shape index (κ1) is 22.2. The molecule has 0 spiro atoms. The van der Waals surface area contributed by atoms with Gasteiger partial charge in [0.1, 0.15) is 0 Å². The van der Waals surface area contributed by atoms with Crippen molar-refractivity contribution in [2.75, 3.05) is 31.6 Å². The first-order valence-electron chi connectivity index (χ1n) is 10.5. The van der Waals surface area contributed by atoms with Gasteiger partial charge in [-0.15, -0.1) is 11.3 Å². The third kappa shape index (κ3) is 6.05. The number of ketones is 1. The summed E-state index contributed by atoms with van der Waals surface area (Å²) in [7, 11) is 0. The molecule has 1 aromatic heterocycles. The Bertz CT molecular complexity index is 1040. The molecule has 0 unspecified atom stereocenters. The summed E-state index contributed by atoms with van der Waals surface area (Å²) in [5.74, 6) is 0.371. The predicted molar refractivity (Wildman–Crippen MR) is 134 cm³/mol. The summed E-state index contributed by atoms with van der Waals surface area (Å²) in [5.41, 5.74) is 1.56. The molecule has 7 heteroatoms. The largest absolute Gasteiger partial charge is 0.449 e. The quantitative estimate of drug-likeness (QED) is 0.222.